The van der Waals surface area contributed by atoms with Gasteiger partial charge < -0.3 is 0 Å². The van der Waals surface area contributed by atoms with Gasteiger partial charge in [-0.2, -0.15) is 9.41 Å². The molecular weight excluding hydrogens is 388 g/mol. The van der Waals surface area contributed by atoms with Gasteiger partial charge in [-0.3, -0.25) is 9.69 Å². The van der Waals surface area contributed by atoms with E-state index in [-0.39, 0.29) is 12.5 Å². The second-order valence-corrected chi connectivity index (χ2v) is 9.08. The summed E-state index contributed by atoms with van der Waals surface area (Å²) in [4.78, 5) is 14.4. The lowest BCUT2D eigenvalue weighted by Gasteiger charge is -2.33. The third kappa shape index (κ3) is 5.50. The summed E-state index contributed by atoms with van der Waals surface area (Å²) in [5, 5.41) is 4.01. The van der Waals surface area contributed by atoms with Crippen molar-refractivity contribution in [1.82, 2.24) is 14.6 Å². The Kier molecular flexibility index (Phi) is 6.79. The number of rotatable bonds is 6. The summed E-state index contributed by atoms with van der Waals surface area (Å²) in [6, 6.07) is 14.6. The molecule has 1 fully saturated rings. The van der Waals surface area contributed by atoms with E-state index in [1.54, 1.807) is 30.5 Å². The van der Waals surface area contributed by atoms with Crippen LogP contribution in [-0.2, 0) is 14.8 Å². The molecule has 1 N–H and O–H groups in total. The van der Waals surface area contributed by atoms with Crippen molar-refractivity contribution >= 4 is 22.1 Å². The van der Waals surface area contributed by atoms with Crippen molar-refractivity contribution in [3.05, 3.63) is 65.2 Å². The van der Waals surface area contributed by atoms with Crippen LogP contribution in [-0.4, -0.2) is 62.5 Å². The molecule has 0 bridgehead atoms. The maximum Gasteiger partial charge on any atom is 0.254 e. The summed E-state index contributed by atoms with van der Waals surface area (Å²) in [6.07, 6.45) is 1.62. The lowest BCUT2D eigenvalue weighted by atomic mass is 10.1. The molecule has 0 radical (unpaired) electrons. The predicted octanol–water partition coefficient (Wildman–Crippen LogP) is 1.76. The predicted molar refractivity (Wildman–Crippen MR) is 113 cm³/mol. The molecule has 2 aromatic carbocycles. The average molecular weight is 415 g/mol. The van der Waals surface area contributed by atoms with Gasteiger partial charge in [-0.25, -0.2) is 13.8 Å². The molecule has 0 aliphatic carbocycles. The molecular formula is C21H26N4O3S. The minimum Gasteiger partial charge on any atom is -0.292 e. The van der Waals surface area contributed by atoms with Crippen molar-refractivity contribution in [3.8, 4) is 0 Å². The Morgan fingerprint density at radius 2 is 1.69 bits per heavy atom. The number of carbonyl (C=O) groups excluding carboxylic acids is 1. The van der Waals surface area contributed by atoms with Crippen molar-refractivity contribution in [2.45, 2.75) is 18.7 Å². The van der Waals surface area contributed by atoms with Crippen LogP contribution in [0.1, 0.15) is 16.7 Å². The van der Waals surface area contributed by atoms with Crippen LogP contribution in [0.5, 0.6) is 0 Å². The van der Waals surface area contributed by atoms with Gasteiger partial charge in [-0.15, -0.1) is 0 Å². The third-order valence-corrected chi connectivity index (χ3v) is 6.85. The lowest BCUT2D eigenvalue weighted by molar-refractivity contribution is -0.122. The maximum absolute atomic E-state index is 12.7. The van der Waals surface area contributed by atoms with Gasteiger partial charge in [0.25, 0.3) is 5.91 Å². The number of aryl methyl sites for hydroxylation is 2. The average Bonchev–Trinajstić information content (AvgIpc) is 2.70. The van der Waals surface area contributed by atoms with Gasteiger partial charge in [0.2, 0.25) is 10.0 Å². The quantitative estimate of drug-likeness (QED) is 0.577. The number of hydrogen-bond donors (Lipinski definition) is 1. The van der Waals surface area contributed by atoms with E-state index in [1.165, 1.54) is 4.31 Å². The fourth-order valence-electron chi connectivity index (χ4n) is 3.13. The molecule has 0 atom stereocenters. The first-order valence-corrected chi connectivity index (χ1v) is 11.0. The summed E-state index contributed by atoms with van der Waals surface area (Å²) in [5.41, 5.74) is 5.58. The van der Waals surface area contributed by atoms with Crippen LogP contribution < -0.4 is 5.43 Å². The third-order valence-electron chi connectivity index (χ3n) is 4.94. The van der Waals surface area contributed by atoms with Crippen molar-refractivity contribution in [2.24, 2.45) is 5.10 Å². The number of amides is 1. The number of carbonyl (C=O) groups is 1. The number of nitrogens with one attached hydrogen (secondary N) is 1. The molecule has 3 rings (SSSR count). The van der Waals surface area contributed by atoms with Gasteiger partial charge in [0, 0.05) is 26.2 Å². The van der Waals surface area contributed by atoms with Gasteiger partial charge in [0.15, 0.2) is 0 Å². The molecule has 154 valence electrons. The largest absolute Gasteiger partial charge is 0.292 e. The number of benzene rings is 2. The van der Waals surface area contributed by atoms with Crippen molar-refractivity contribution in [2.75, 3.05) is 32.7 Å². The van der Waals surface area contributed by atoms with E-state index in [2.05, 4.69) is 10.5 Å². The number of hydrogen-bond acceptors (Lipinski definition) is 5. The van der Waals surface area contributed by atoms with E-state index in [1.807, 2.05) is 43.0 Å². The molecule has 0 spiro atoms. The minimum atomic E-state index is -3.50. The maximum atomic E-state index is 12.7. The first-order valence-electron chi connectivity index (χ1n) is 9.53. The van der Waals surface area contributed by atoms with Crippen molar-refractivity contribution in [1.29, 1.82) is 0 Å². The van der Waals surface area contributed by atoms with E-state index >= 15 is 0 Å². The number of sulfonamides is 1. The second kappa shape index (κ2) is 9.30. The molecule has 1 saturated heterocycles. The van der Waals surface area contributed by atoms with Crippen LogP contribution in [0, 0.1) is 13.8 Å². The van der Waals surface area contributed by atoms with E-state index in [9.17, 15) is 13.2 Å². The Hall–Kier alpha value is -2.55. The first kappa shape index (κ1) is 21.2. The molecule has 0 unspecified atom stereocenters. The van der Waals surface area contributed by atoms with Crippen LogP contribution in [0.2, 0.25) is 0 Å². The molecule has 1 heterocycles. The number of nitrogens with zero attached hydrogens (tertiary/aromatic N) is 3. The molecule has 1 aliphatic rings. The highest BCUT2D eigenvalue weighted by Crippen LogP contribution is 2.18. The van der Waals surface area contributed by atoms with Gasteiger partial charge in [-0.1, -0.05) is 42.0 Å². The van der Waals surface area contributed by atoms with Crippen LogP contribution in [0.25, 0.3) is 0 Å². The van der Waals surface area contributed by atoms with E-state index in [0.29, 0.717) is 31.1 Å². The topological polar surface area (TPSA) is 82.1 Å². The van der Waals surface area contributed by atoms with Gasteiger partial charge in [0.05, 0.1) is 17.7 Å². The molecule has 0 aromatic heterocycles. The van der Waals surface area contributed by atoms with Crippen molar-refractivity contribution in [3.63, 3.8) is 0 Å². The van der Waals surface area contributed by atoms with E-state index in [4.69, 9.17) is 0 Å². The van der Waals surface area contributed by atoms with Crippen molar-refractivity contribution < 1.29 is 13.2 Å². The zero-order valence-corrected chi connectivity index (χ0v) is 17.5. The van der Waals surface area contributed by atoms with E-state index in [0.717, 1.165) is 16.7 Å². The molecule has 7 nitrogen and oxygen atoms in total. The summed E-state index contributed by atoms with van der Waals surface area (Å²) < 4.78 is 27.0. The molecule has 2 aromatic rings. The molecule has 1 aliphatic heterocycles. The highest BCUT2D eigenvalue weighted by Gasteiger charge is 2.28. The smallest absolute Gasteiger partial charge is 0.254 e. The van der Waals surface area contributed by atoms with Crippen LogP contribution >= 0.6 is 0 Å². The molecule has 8 heteroatoms. The Balaban J connectivity index is 1.48. The Labute approximate surface area is 172 Å². The Morgan fingerprint density at radius 3 is 2.34 bits per heavy atom. The van der Waals surface area contributed by atoms with Gasteiger partial charge in [-0.05, 0) is 37.1 Å². The van der Waals surface area contributed by atoms with Crippen LogP contribution in [0.4, 0.5) is 0 Å². The van der Waals surface area contributed by atoms with Crippen LogP contribution in [0.3, 0.4) is 0 Å². The van der Waals surface area contributed by atoms with E-state index < -0.39 is 10.0 Å². The summed E-state index contributed by atoms with van der Waals surface area (Å²) in [6.45, 7) is 5.80. The standard InChI is InChI=1S/C21H26N4O3S/c1-17-7-9-20(10-8-17)29(27,28)25-13-11-24(12-14-25)16-21(26)23-22-15-19-6-4-3-5-18(19)2/h3-10,15H,11-14,16H2,1-2H3,(H,23,26). The lowest BCUT2D eigenvalue weighted by Crippen LogP contribution is -2.50. The molecule has 1 amide bonds. The Bertz CT molecular complexity index is 979. The molecule has 0 saturated carbocycles. The summed E-state index contributed by atoms with van der Waals surface area (Å²) >= 11 is 0. The highest BCUT2D eigenvalue weighted by molar-refractivity contribution is 7.89. The molecule has 29 heavy (non-hydrogen) atoms. The SMILES string of the molecule is Cc1ccc(S(=O)(=O)N2CCN(CC(=O)NN=Cc3ccccc3C)CC2)cc1. The highest BCUT2D eigenvalue weighted by atomic mass is 32.2. The monoisotopic (exact) mass is 414 g/mol. The number of hydrazone groups is 1. The number of piperazine rings is 1. The fourth-order valence-corrected chi connectivity index (χ4v) is 4.55. The van der Waals surface area contributed by atoms with Crippen LogP contribution in [0.15, 0.2) is 58.5 Å². The summed E-state index contributed by atoms with van der Waals surface area (Å²) in [7, 11) is -3.50. The summed E-state index contributed by atoms with van der Waals surface area (Å²) in [5.74, 6) is -0.218. The fraction of sp³-hybridized carbons (Fsp3) is 0.333. The minimum absolute atomic E-state index is 0.184. The zero-order chi connectivity index (χ0) is 20.9. The zero-order valence-electron chi connectivity index (χ0n) is 16.7. The first-order chi connectivity index (χ1) is 13.9. The van der Waals surface area contributed by atoms with Gasteiger partial charge in [0.1, 0.15) is 0 Å². The van der Waals surface area contributed by atoms with Gasteiger partial charge >= 0.3 is 0 Å². The Morgan fingerprint density at radius 1 is 1.03 bits per heavy atom. The second-order valence-electron chi connectivity index (χ2n) is 7.14. The normalized spacial score (nSPS) is 16.2.